The molecule has 0 radical (unpaired) electrons. The molecular weight excluding hydrogens is 427 g/mol. The maximum absolute atomic E-state index is 6.07. The van der Waals surface area contributed by atoms with Gasteiger partial charge in [-0.25, -0.2) is 0 Å². The molecular formula is C19H41IN4O. The molecule has 3 atom stereocenters. The zero-order valence-corrected chi connectivity index (χ0v) is 19.7. The first-order valence-corrected chi connectivity index (χ1v) is 9.63. The zero-order valence-electron chi connectivity index (χ0n) is 17.4. The van der Waals surface area contributed by atoms with Gasteiger partial charge in [0.25, 0.3) is 0 Å². The van der Waals surface area contributed by atoms with Crippen LogP contribution in [0.5, 0.6) is 0 Å². The zero-order chi connectivity index (χ0) is 18.2. The Balaban J connectivity index is 0.00000576. The van der Waals surface area contributed by atoms with Gasteiger partial charge in [-0.3, -0.25) is 9.89 Å². The van der Waals surface area contributed by atoms with E-state index in [1.54, 1.807) is 0 Å². The van der Waals surface area contributed by atoms with Gasteiger partial charge in [0.2, 0.25) is 0 Å². The molecule has 3 unspecified atom stereocenters. The third kappa shape index (κ3) is 8.43. The van der Waals surface area contributed by atoms with E-state index in [9.17, 15) is 0 Å². The van der Waals surface area contributed by atoms with Crippen LogP contribution in [-0.2, 0) is 4.74 Å². The smallest absolute Gasteiger partial charge is 0.191 e. The molecule has 6 heteroatoms. The summed E-state index contributed by atoms with van der Waals surface area (Å²) in [6.07, 6.45) is 2.69. The Hall–Kier alpha value is -0.0800. The topological polar surface area (TPSA) is 48.9 Å². The lowest BCUT2D eigenvalue weighted by atomic mass is 9.78. The molecule has 1 saturated heterocycles. The lowest BCUT2D eigenvalue weighted by Crippen LogP contribution is -2.49. The molecule has 0 aliphatic carbocycles. The molecule has 0 aromatic heterocycles. The molecule has 0 saturated carbocycles. The Kier molecular flexibility index (Phi) is 12.3. The first kappa shape index (κ1) is 24.9. The number of aliphatic imine (C=N–C) groups is 1. The predicted octanol–water partition coefficient (Wildman–Crippen LogP) is 3.34. The van der Waals surface area contributed by atoms with Gasteiger partial charge in [-0.2, -0.15) is 0 Å². The van der Waals surface area contributed by atoms with E-state index >= 15 is 0 Å². The average molecular weight is 468 g/mol. The van der Waals surface area contributed by atoms with Crippen molar-refractivity contribution in [3.63, 3.8) is 0 Å². The summed E-state index contributed by atoms with van der Waals surface area (Å²) in [7, 11) is 1.84. The highest BCUT2D eigenvalue weighted by Gasteiger charge is 2.35. The van der Waals surface area contributed by atoms with E-state index in [0.717, 1.165) is 45.2 Å². The van der Waals surface area contributed by atoms with Crippen molar-refractivity contribution in [2.24, 2.45) is 16.3 Å². The van der Waals surface area contributed by atoms with E-state index in [1.165, 1.54) is 6.42 Å². The van der Waals surface area contributed by atoms with Crippen LogP contribution in [0.2, 0.25) is 0 Å². The lowest BCUT2D eigenvalue weighted by molar-refractivity contribution is -0.0835. The van der Waals surface area contributed by atoms with Crippen LogP contribution in [0.1, 0.15) is 54.4 Å². The van der Waals surface area contributed by atoms with E-state index in [2.05, 4.69) is 62.1 Å². The highest BCUT2D eigenvalue weighted by atomic mass is 127. The van der Waals surface area contributed by atoms with Crippen molar-refractivity contribution >= 4 is 29.9 Å². The number of hydrogen-bond donors (Lipinski definition) is 2. The van der Waals surface area contributed by atoms with Crippen LogP contribution in [0.4, 0.5) is 0 Å². The van der Waals surface area contributed by atoms with Gasteiger partial charge in [-0.15, -0.1) is 24.0 Å². The Bertz CT molecular complexity index is 380. The van der Waals surface area contributed by atoms with Gasteiger partial charge in [-0.05, 0) is 38.3 Å². The van der Waals surface area contributed by atoms with Crippen LogP contribution in [-0.4, -0.2) is 62.8 Å². The van der Waals surface area contributed by atoms with Crippen LogP contribution in [0.3, 0.4) is 0 Å². The summed E-state index contributed by atoms with van der Waals surface area (Å²) < 4.78 is 6.07. The quantitative estimate of drug-likeness (QED) is 0.342. The van der Waals surface area contributed by atoms with Crippen LogP contribution < -0.4 is 10.6 Å². The molecule has 1 aliphatic rings. The van der Waals surface area contributed by atoms with Crippen molar-refractivity contribution in [3.8, 4) is 0 Å². The van der Waals surface area contributed by atoms with Crippen LogP contribution in [0.15, 0.2) is 4.99 Å². The minimum atomic E-state index is 0. The average Bonchev–Trinajstić information content (AvgIpc) is 2.55. The predicted molar refractivity (Wildman–Crippen MR) is 119 cm³/mol. The summed E-state index contributed by atoms with van der Waals surface area (Å²) in [6.45, 7) is 18.4. The van der Waals surface area contributed by atoms with Crippen LogP contribution in [0, 0.1) is 11.3 Å². The molecule has 1 rings (SSSR count). The molecule has 5 nitrogen and oxygen atoms in total. The number of likely N-dealkylation sites (N-methyl/N-ethyl adjacent to an activating group) is 1. The number of nitrogens with one attached hydrogen (secondary N) is 2. The van der Waals surface area contributed by atoms with Crippen molar-refractivity contribution < 1.29 is 4.74 Å². The van der Waals surface area contributed by atoms with Gasteiger partial charge in [-0.1, -0.05) is 34.6 Å². The normalized spacial score (nSPS) is 23.1. The summed E-state index contributed by atoms with van der Waals surface area (Å²) in [5.74, 6) is 1.43. The fraction of sp³-hybridized carbons (Fsp3) is 0.947. The van der Waals surface area contributed by atoms with Gasteiger partial charge >= 0.3 is 0 Å². The number of ether oxygens (including phenoxy) is 1. The van der Waals surface area contributed by atoms with Gasteiger partial charge in [0.1, 0.15) is 0 Å². The number of rotatable bonds is 7. The second-order valence-electron chi connectivity index (χ2n) is 7.96. The van der Waals surface area contributed by atoms with E-state index in [4.69, 9.17) is 4.74 Å². The highest BCUT2D eigenvalue weighted by molar-refractivity contribution is 14.0. The second-order valence-corrected chi connectivity index (χ2v) is 7.96. The number of nitrogens with zero attached hydrogens (tertiary/aromatic N) is 2. The molecule has 0 amide bonds. The van der Waals surface area contributed by atoms with Gasteiger partial charge < -0.3 is 15.4 Å². The molecule has 0 spiro atoms. The molecule has 25 heavy (non-hydrogen) atoms. The van der Waals surface area contributed by atoms with E-state index in [0.29, 0.717) is 18.1 Å². The summed E-state index contributed by atoms with van der Waals surface area (Å²) in [6, 6.07) is 0.499. The first-order chi connectivity index (χ1) is 11.3. The van der Waals surface area contributed by atoms with Crippen molar-refractivity contribution in [3.05, 3.63) is 0 Å². The summed E-state index contributed by atoms with van der Waals surface area (Å²) in [5.41, 5.74) is 0.182. The minimum Gasteiger partial charge on any atom is -0.377 e. The monoisotopic (exact) mass is 468 g/mol. The first-order valence-electron chi connectivity index (χ1n) is 9.63. The molecule has 0 bridgehead atoms. The SMILES string of the molecule is CCN(CC)C(C)CNC(=NC)NCC1CCCOC1C(C)(C)C.I. The number of guanidine groups is 1. The van der Waals surface area contributed by atoms with Crippen LogP contribution in [0.25, 0.3) is 0 Å². The Morgan fingerprint density at radius 3 is 2.40 bits per heavy atom. The lowest BCUT2D eigenvalue weighted by Gasteiger charge is -2.40. The maximum Gasteiger partial charge on any atom is 0.191 e. The molecule has 1 fully saturated rings. The molecule has 150 valence electrons. The van der Waals surface area contributed by atoms with E-state index in [-0.39, 0.29) is 29.4 Å². The summed E-state index contributed by atoms with van der Waals surface area (Å²) >= 11 is 0. The third-order valence-electron chi connectivity index (χ3n) is 5.05. The highest BCUT2D eigenvalue weighted by Crippen LogP contribution is 2.33. The fourth-order valence-electron chi connectivity index (χ4n) is 3.68. The summed E-state index contributed by atoms with van der Waals surface area (Å²) in [4.78, 5) is 6.83. The molecule has 0 aromatic carbocycles. The Morgan fingerprint density at radius 2 is 1.88 bits per heavy atom. The van der Waals surface area contributed by atoms with Gasteiger partial charge in [0.15, 0.2) is 5.96 Å². The van der Waals surface area contributed by atoms with Crippen molar-refractivity contribution in [1.82, 2.24) is 15.5 Å². The van der Waals surface area contributed by atoms with Gasteiger partial charge in [0, 0.05) is 38.7 Å². The summed E-state index contributed by atoms with van der Waals surface area (Å²) in [5, 5.41) is 6.98. The van der Waals surface area contributed by atoms with E-state index in [1.807, 2.05) is 7.05 Å². The molecule has 2 N–H and O–H groups in total. The fourth-order valence-corrected chi connectivity index (χ4v) is 3.68. The van der Waals surface area contributed by atoms with E-state index < -0.39 is 0 Å². The molecule has 1 heterocycles. The van der Waals surface area contributed by atoms with Crippen molar-refractivity contribution in [2.75, 3.05) is 39.8 Å². The molecule has 0 aromatic rings. The van der Waals surface area contributed by atoms with Crippen molar-refractivity contribution in [1.29, 1.82) is 0 Å². The van der Waals surface area contributed by atoms with Gasteiger partial charge in [0.05, 0.1) is 6.10 Å². The Morgan fingerprint density at radius 1 is 1.24 bits per heavy atom. The maximum atomic E-state index is 6.07. The number of halogens is 1. The number of hydrogen-bond acceptors (Lipinski definition) is 3. The second kappa shape index (κ2) is 12.3. The third-order valence-corrected chi connectivity index (χ3v) is 5.05. The Labute approximate surface area is 172 Å². The minimum absolute atomic E-state index is 0. The van der Waals surface area contributed by atoms with Crippen molar-refractivity contribution in [2.45, 2.75) is 66.5 Å². The standard InChI is InChI=1S/C19H40N4O.HI/c1-8-23(9-2)15(3)13-21-18(20-7)22-14-16-11-10-12-24-17(16)19(4,5)6;/h15-17H,8-14H2,1-7H3,(H2,20,21,22);1H. The largest absolute Gasteiger partial charge is 0.377 e. The molecule has 1 aliphatic heterocycles. The van der Waals surface area contributed by atoms with Crippen LogP contribution >= 0.6 is 24.0 Å².